The molecule has 0 unspecified atom stereocenters. The van der Waals surface area contributed by atoms with Gasteiger partial charge in [0.1, 0.15) is 0 Å². The average molecular weight is 264 g/mol. The lowest BCUT2D eigenvalue weighted by molar-refractivity contribution is 0.382. The Morgan fingerprint density at radius 3 is 2.89 bits per heavy atom. The lowest BCUT2D eigenvalue weighted by Gasteiger charge is -2.26. The summed E-state index contributed by atoms with van der Waals surface area (Å²) in [4.78, 5) is 4.54. The summed E-state index contributed by atoms with van der Waals surface area (Å²) in [5.41, 5.74) is 7.18. The van der Waals surface area contributed by atoms with Crippen LogP contribution in [0.5, 0.6) is 0 Å². The maximum absolute atomic E-state index is 5.99. The number of guanidine groups is 1. The van der Waals surface area contributed by atoms with Crippen LogP contribution in [0.4, 0.5) is 0 Å². The van der Waals surface area contributed by atoms with Crippen molar-refractivity contribution in [3.8, 4) is 0 Å². The molecule has 0 aliphatic heterocycles. The summed E-state index contributed by atoms with van der Waals surface area (Å²) in [6.45, 7) is 0. The molecule has 0 bridgehead atoms. The highest BCUT2D eigenvalue weighted by molar-refractivity contribution is 6.30. The summed E-state index contributed by atoms with van der Waals surface area (Å²) in [5, 5.41) is 4.07. The molecule has 3 rings (SSSR count). The van der Waals surface area contributed by atoms with Crippen LogP contribution in [0.15, 0.2) is 29.3 Å². The maximum Gasteiger partial charge on any atom is 0.189 e. The third kappa shape index (κ3) is 2.61. The Balaban J connectivity index is 1.58. The van der Waals surface area contributed by atoms with Crippen molar-refractivity contribution in [1.82, 2.24) is 5.32 Å². The first-order valence-electron chi connectivity index (χ1n) is 6.57. The highest BCUT2D eigenvalue weighted by Crippen LogP contribution is 2.43. The highest BCUT2D eigenvalue weighted by atomic mass is 35.5. The molecule has 0 aromatic heterocycles. The van der Waals surface area contributed by atoms with Crippen molar-refractivity contribution in [3.63, 3.8) is 0 Å². The van der Waals surface area contributed by atoms with Crippen molar-refractivity contribution >= 4 is 17.6 Å². The van der Waals surface area contributed by atoms with Crippen LogP contribution in [0.25, 0.3) is 0 Å². The molecule has 4 heteroatoms. The molecule has 3 nitrogen and oxygen atoms in total. The molecule has 2 atom stereocenters. The van der Waals surface area contributed by atoms with E-state index in [1.54, 1.807) is 0 Å². The molecule has 3 N–H and O–H groups in total. The molecular weight excluding hydrogens is 246 g/mol. The molecule has 0 radical (unpaired) electrons. The number of aliphatic imine (C=N–C) groups is 1. The summed E-state index contributed by atoms with van der Waals surface area (Å²) in [6, 6.07) is 8.91. The van der Waals surface area contributed by atoms with Crippen molar-refractivity contribution in [2.75, 3.05) is 0 Å². The first-order chi connectivity index (χ1) is 8.72. The van der Waals surface area contributed by atoms with E-state index in [-0.39, 0.29) is 0 Å². The summed E-state index contributed by atoms with van der Waals surface area (Å²) in [5.74, 6) is 1.10. The quantitative estimate of drug-likeness (QED) is 0.651. The minimum Gasteiger partial charge on any atom is -0.370 e. The zero-order valence-electron chi connectivity index (χ0n) is 10.3. The molecule has 0 heterocycles. The summed E-state index contributed by atoms with van der Waals surface area (Å²) < 4.78 is 0. The number of nitrogens with two attached hydrogens (primary N) is 1. The molecule has 1 aromatic rings. The van der Waals surface area contributed by atoms with Gasteiger partial charge >= 0.3 is 0 Å². The van der Waals surface area contributed by atoms with Gasteiger partial charge in [0.05, 0.1) is 6.04 Å². The molecule has 2 aliphatic carbocycles. The van der Waals surface area contributed by atoms with Crippen LogP contribution in [0, 0.1) is 0 Å². The van der Waals surface area contributed by atoms with Crippen LogP contribution < -0.4 is 11.1 Å². The van der Waals surface area contributed by atoms with E-state index in [1.807, 2.05) is 18.2 Å². The topological polar surface area (TPSA) is 50.4 Å². The van der Waals surface area contributed by atoms with E-state index in [4.69, 9.17) is 17.3 Å². The minimum atomic E-state index is 0.330. The smallest absolute Gasteiger partial charge is 0.189 e. The van der Waals surface area contributed by atoms with Crippen molar-refractivity contribution in [3.05, 3.63) is 34.9 Å². The molecule has 1 aromatic carbocycles. The Labute approximate surface area is 112 Å². The van der Waals surface area contributed by atoms with Gasteiger partial charge in [-0.2, -0.15) is 0 Å². The molecular formula is C14H18ClN3. The van der Waals surface area contributed by atoms with Gasteiger partial charge in [0.2, 0.25) is 0 Å². The second-order valence-electron chi connectivity index (χ2n) is 5.25. The Morgan fingerprint density at radius 2 is 2.22 bits per heavy atom. The van der Waals surface area contributed by atoms with Gasteiger partial charge in [-0.25, -0.2) is 4.99 Å². The van der Waals surface area contributed by atoms with Gasteiger partial charge in [-0.3, -0.25) is 0 Å². The number of benzene rings is 1. The predicted octanol–water partition coefficient (Wildman–Crippen LogP) is 2.65. The van der Waals surface area contributed by atoms with E-state index in [0.717, 1.165) is 11.4 Å². The zero-order chi connectivity index (χ0) is 12.5. The number of rotatable bonds is 3. The second kappa shape index (κ2) is 4.81. The first-order valence-corrected chi connectivity index (χ1v) is 6.95. The van der Waals surface area contributed by atoms with Gasteiger partial charge in [-0.1, -0.05) is 23.7 Å². The van der Waals surface area contributed by atoms with Gasteiger partial charge in [-0.15, -0.1) is 0 Å². The van der Waals surface area contributed by atoms with Crippen molar-refractivity contribution < 1.29 is 0 Å². The van der Waals surface area contributed by atoms with Crippen LogP contribution >= 0.6 is 11.6 Å². The second-order valence-corrected chi connectivity index (χ2v) is 5.69. The number of nitrogens with one attached hydrogen (secondary N) is 1. The first kappa shape index (κ1) is 11.8. The predicted molar refractivity (Wildman–Crippen MR) is 75.0 cm³/mol. The summed E-state index contributed by atoms with van der Waals surface area (Å²) in [6.07, 6.45) is 4.82. The maximum atomic E-state index is 5.99. The molecule has 2 aliphatic rings. The molecule has 0 spiro atoms. The molecule has 2 fully saturated rings. The van der Waals surface area contributed by atoms with Crippen molar-refractivity contribution in [1.29, 1.82) is 0 Å². The van der Waals surface area contributed by atoms with E-state index in [2.05, 4.69) is 16.4 Å². The largest absolute Gasteiger partial charge is 0.370 e. The van der Waals surface area contributed by atoms with Crippen LogP contribution in [0.1, 0.15) is 37.2 Å². The standard InChI is InChI=1S/C14H18ClN3/c15-10-4-1-3-9(7-10)12-8-13(12)18-14(16)17-11-5-2-6-11/h1,3-4,7,11-13H,2,5-6,8H2,(H3,16,17,18)/t12-,13+/m0/s1. The number of hydrogen-bond acceptors (Lipinski definition) is 1. The zero-order valence-corrected chi connectivity index (χ0v) is 11.0. The normalized spacial score (nSPS) is 27.7. The molecule has 18 heavy (non-hydrogen) atoms. The number of nitrogens with zero attached hydrogens (tertiary/aromatic N) is 1. The van der Waals surface area contributed by atoms with Gasteiger partial charge < -0.3 is 11.1 Å². The van der Waals surface area contributed by atoms with E-state index < -0.39 is 0 Å². The van der Waals surface area contributed by atoms with Crippen molar-refractivity contribution in [2.24, 2.45) is 10.7 Å². The van der Waals surface area contributed by atoms with Crippen LogP contribution in [0.2, 0.25) is 5.02 Å². The highest BCUT2D eigenvalue weighted by Gasteiger charge is 2.38. The van der Waals surface area contributed by atoms with E-state index >= 15 is 0 Å². The Morgan fingerprint density at radius 1 is 1.39 bits per heavy atom. The Hall–Kier alpha value is -1.22. The van der Waals surface area contributed by atoms with Gasteiger partial charge in [0, 0.05) is 17.0 Å². The lowest BCUT2D eigenvalue weighted by Crippen LogP contribution is -2.43. The minimum absolute atomic E-state index is 0.330. The molecule has 96 valence electrons. The van der Waals surface area contributed by atoms with E-state index in [9.17, 15) is 0 Å². The fourth-order valence-electron chi connectivity index (χ4n) is 2.40. The molecule has 2 saturated carbocycles. The summed E-state index contributed by atoms with van der Waals surface area (Å²) in [7, 11) is 0. The van der Waals surface area contributed by atoms with Gasteiger partial charge in [-0.05, 0) is 43.4 Å². The number of hydrogen-bond donors (Lipinski definition) is 2. The van der Waals surface area contributed by atoms with Crippen molar-refractivity contribution in [2.45, 2.75) is 43.7 Å². The molecule has 0 saturated heterocycles. The Kier molecular flexibility index (Phi) is 3.16. The van der Waals surface area contributed by atoms with E-state index in [0.29, 0.717) is 24.0 Å². The monoisotopic (exact) mass is 263 g/mol. The third-order valence-electron chi connectivity index (χ3n) is 3.80. The molecule has 0 amide bonds. The van der Waals surface area contributed by atoms with Gasteiger partial charge in [0.15, 0.2) is 5.96 Å². The van der Waals surface area contributed by atoms with Crippen LogP contribution in [-0.4, -0.2) is 18.0 Å². The third-order valence-corrected chi connectivity index (χ3v) is 4.03. The SMILES string of the molecule is NC(=N[C@@H]1C[C@H]1c1cccc(Cl)c1)NC1CCC1. The average Bonchev–Trinajstić information content (AvgIpc) is 3.03. The van der Waals surface area contributed by atoms with Gasteiger partial charge in [0.25, 0.3) is 0 Å². The van der Waals surface area contributed by atoms with E-state index in [1.165, 1.54) is 24.8 Å². The van der Waals surface area contributed by atoms with Crippen LogP contribution in [0.3, 0.4) is 0 Å². The Bertz CT molecular complexity index is 468. The fraction of sp³-hybridized carbons (Fsp3) is 0.500. The van der Waals surface area contributed by atoms with Crippen LogP contribution in [-0.2, 0) is 0 Å². The summed E-state index contributed by atoms with van der Waals surface area (Å²) >= 11 is 5.99. The lowest BCUT2D eigenvalue weighted by atomic mass is 9.93. The number of halogens is 1. The fourth-order valence-corrected chi connectivity index (χ4v) is 2.60.